The Labute approximate surface area is 74.1 Å². The smallest absolute Gasteiger partial charge is 0.257 e. The molecular formula is C6H8ClN3O2. The van der Waals surface area contributed by atoms with Crippen molar-refractivity contribution in [3.8, 4) is 5.88 Å². The van der Waals surface area contributed by atoms with Gasteiger partial charge < -0.3 is 15.6 Å². The molecule has 66 valence electrons. The van der Waals surface area contributed by atoms with Crippen LogP contribution in [0.4, 0.5) is 5.69 Å². The lowest BCUT2D eigenvalue weighted by Gasteiger charge is -2.04. The summed E-state index contributed by atoms with van der Waals surface area (Å²) in [5.74, 6) is 0.188. The van der Waals surface area contributed by atoms with E-state index in [1.54, 1.807) is 0 Å². The van der Waals surface area contributed by atoms with E-state index in [0.29, 0.717) is 5.69 Å². The van der Waals surface area contributed by atoms with E-state index in [1.807, 2.05) is 0 Å². The van der Waals surface area contributed by atoms with Crippen LogP contribution in [0.2, 0.25) is 5.15 Å². The third-order valence-corrected chi connectivity index (χ3v) is 1.27. The first kappa shape index (κ1) is 9.02. The number of aromatic nitrogens is 2. The van der Waals surface area contributed by atoms with Gasteiger partial charge in [0.2, 0.25) is 0 Å². The summed E-state index contributed by atoms with van der Waals surface area (Å²) >= 11 is 5.49. The van der Waals surface area contributed by atoms with Gasteiger partial charge in [0, 0.05) is 6.07 Å². The summed E-state index contributed by atoms with van der Waals surface area (Å²) in [7, 11) is 0. The number of aliphatic hydroxyl groups is 1. The normalized spacial score (nSPS) is 9.83. The molecule has 0 aliphatic rings. The van der Waals surface area contributed by atoms with Crippen molar-refractivity contribution < 1.29 is 9.84 Å². The van der Waals surface area contributed by atoms with Crippen molar-refractivity contribution in [2.75, 3.05) is 18.9 Å². The topological polar surface area (TPSA) is 81.3 Å². The molecule has 12 heavy (non-hydrogen) atoms. The molecule has 0 saturated heterocycles. The molecule has 1 aromatic heterocycles. The van der Waals surface area contributed by atoms with Crippen molar-refractivity contribution in [1.29, 1.82) is 0 Å². The van der Waals surface area contributed by atoms with Crippen molar-refractivity contribution in [2.24, 2.45) is 0 Å². The highest BCUT2D eigenvalue weighted by atomic mass is 35.5. The maximum atomic E-state index is 8.43. The Balaban J connectivity index is 2.72. The van der Waals surface area contributed by atoms with Gasteiger partial charge in [-0.1, -0.05) is 11.6 Å². The summed E-state index contributed by atoms with van der Waals surface area (Å²) in [6.45, 7) is 0.0459. The number of hydrogen-bond donors (Lipinski definition) is 2. The standard InChI is InChI=1S/C6H8ClN3O2/c7-5-3-4(8)6(10-9-5)12-2-1-11/h3,11H,1-2H2,(H2,8,9). The van der Waals surface area contributed by atoms with E-state index in [9.17, 15) is 0 Å². The number of rotatable bonds is 3. The van der Waals surface area contributed by atoms with Crippen molar-refractivity contribution >= 4 is 17.3 Å². The minimum absolute atomic E-state index is 0.0935. The summed E-state index contributed by atoms with van der Waals surface area (Å²) in [5.41, 5.74) is 5.78. The SMILES string of the molecule is Nc1cc(Cl)nnc1OCCO. The van der Waals surface area contributed by atoms with Crippen LogP contribution in [0.5, 0.6) is 5.88 Å². The highest BCUT2D eigenvalue weighted by Gasteiger charge is 2.02. The summed E-state index contributed by atoms with van der Waals surface area (Å²) < 4.78 is 4.93. The van der Waals surface area contributed by atoms with Gasteiger partial charge in [0.25, 0.3) is 5.88 Å². The first-order valence-electron chi connectivity index (χ1n) is 3.26. The van der Waals surface area contributed by atoms with E-state index in [0.717, 1.165) is 0 Å². The summed E-state index contributed by atoms with van der Waals surface area (Å²) in [4.78, 5) is 0. The maximum absolute atomic E-state index is 8.43. The summed E-state index contributed by atoms with van der Waals surface area (Å²) in [6.07, 6.45) is 0. The number of anilines is 1. The van der Waals surface area contributed by atoms with Gasteiger partial charge in [-0.25, -0.2) is 0 Å². The highest BCUT2D eigenvalue weighted by molar-refractivity contribution is 6.29. The molecule has 0 saturated carbocycles. The van der Waals surface area contributed by atoms with Gasteiger partial charge in [-0.05, 0) is 0 Å². The van der Waals surface area contributed by atoms with E-state index in [4.69, 9.17) is 27.2 Å². The van der Waals surface area contributed by atoms with Crippen molar-refractivity contribution in [3.63, 3.8) is 0 Å². The number of nitrogens with zero attached hydrogens (tertiary/aromatic N) is 2. The molecule has 0 fully saturated rings. The Morgan fingerprint density at radius 2 is 2.33 bits per heavy atom. The first-order chi connectivity index (χ1) is 5.74. The Hall–Kier alpha value is -1.07. The van der Waals surface area contributed by atoms with Gasteiger partial charge in [0.05, 0.1) is 12.3 Å². The summed E-state index contributed by atoms with van der Waals surface area (Å²) in [6, 6.07) is 1.43. The fourth-order valence-electron chi connectivity index (χ4n) is 0.624. The van der Waals surface area contributed by atoms with Gasteiger partial charge in [0.15, 0.2) is 5.15 Å². The van der Waals surface area contributed by atoms with E-state index >= 15 is 0 Å². The number of nitrogens with two attached hydrogens (primary N) is 1. The fourth-order valence-corrected chi connectivity index (χ4v) is 0.780. The van der Waals surface area contributed by atoms with Gasteiger partial charge in [-0.15, -0.1) is 10.2 Å². The fraction of sp³-hybridized carbons (Fsp3) is 0.333. The Bertz CT molecular complexity index is 269. The molecule has 1 heterocycles. The van der Waals surface area contributed by atoms with Crippen LogP contribution in [-0.4, -0.2) is 28.5 Å². The van der Waals surface area contributed by atoms with Crippen LogP contribution >= 0.6 is 11.6 Å². The Kier molecular flexibility index (Phi) is 3.07. The van der Waals surface area contributed by atoms with E-state index in [1.165, 1.54) is 6.07 Å². The molecule has 0 spiro atoms. The van der Waals surface area contributed by atoms with Gasteiger partial charge in [-0.3, -0.25) is 0 Å². The molecule has 0 amide bonds. The minimum Gasteiger partial charge on any atom is -0.473 e. The number of nitrogen functional groups attached to an aromatic ring is 1. The highest BCUT2D eigenvalue weighted by Crippen LogP contribution is 2.18. The molecule has 1 aromatic rings. The number of aliphatic hydroxyl groups excluding tert-OH is 1. The van der Waals surface area contributed by atoms with Crippen LogP contribution in [0.15, 0.2) is 6.07 Å². The largest absolute Gasteiger partial charge is 0.473 e. The van der Waals surface area contributed by atoms with E-state index in [-0.39, 0.29) is 24.2 Å². The maximum Gasteiger partial charge on any atom is 0.257 e. The molecule has 1 rings (SSSR count). The van der Waals surface area contributed by atoms with E-state index < -0.39 is 0 Å². The third kappa shape index (κ3) is 2.21. The summed E-state index contributed by atoms with van der Waals surface area (Å²) in [5, 5.41) is 15.7. The average molecular weight is 190 g/mol. The van der Waals surface area contributed by atoms with Crippen molar-refractivity contribution in [3.05, 3.63) is 11.2 Å². The molecule has 0 aliphatic carbocycles. The van der Waals surface area contributed by atoms with E-state index in [2.05, 4.69) is 10.2 Å². The van der Waals surface area contributed by atoms with Crippen molar-refractivity contribution in [2.45, 2.75) is 0 Å². The van der Waals surface area contributed by atoms with Crippen LogP contribution < -0.4 is 10.5 Å². The lowest BCUT2D eigenvalue weighted by Crippen LogP contribution is -2.06. The molecular weight excluding hydrogens is 182 g/mol. The number of hydrogen-bond acceptors (Lipinski definition) is 5. The van der Waals surface area contributed by atoms with Gasteiger partial charge in [-0.2, -0.15) is 0 Å². The third-order valence-electron chi connectivity index (χ3n) is 1.09. The monoisotopic (exact) mass is 189 g/mol. The zero-order valence-electron chi connectivity index (χ0n) is 6.20. The molecule has 5 nitrogen and oxygen atoms in total. The zero-order chi connectivity index (χ0) is 8.97. The van der Waals surface area contributed by atoms with Crippen LogP contribution in [0.1, 0.15) is 0 Å². The second kappa shape index (κ2) is 4.08. The molecule has 0 unspecified atom stereocenters. The van der Waals surface area contributed by atoms with Crippen LogP contribution in [0.3, 0.4) is 0 Å². The Morgan fingerprint density at radius 3 is 2.92 bits per heavy atom. The van der Waals surface area contributed by atoms with Gasteiger partial charge in [0.1, 0.15) is 6.61 Å². The second-order valence-electron chi connectivity index (χ2n) is 2.00. The lowest BCUT2D eigenvalue weighted by atomic mass is 10.5. The van der Waals surface area contributed by atoms with Gasteiger partial charge >= 0.3 is 0 Å². The number of ether oxygens (including phenoxy) is 1. The van der Waals surface area contributed by atoms with Crippen LogP contribution in [-0.2, 0) is 0 Å². The molecule has 6 heteroatoms. The van der Waals surface area contributed by atoms with Crippen LogP contribution in [0, 0.1) is 0 Å². The minimum atomic E-state index is -0.0935. The molecule has 0 aromatic carbocycles. The first-order valence-corrected chi connectivity index (χ1v) is 3.64. The number of halogens is 1. The predicted octanol–water partition coefficient (Wildman–Crippen LogP) is 0.0833. The van der Waals surface area contributed by atoms with Crippen molar-refractivity contribution in [1.82, 2.24) is 10.2 Å². The average Bonchev–Trinajstić information content (AvgIpc) is 2.03. The zero-order valence-corrected chi connectivity index (χ0v) is 6.95. The molecule has 0 radical (unpaired) electrons. The Morgan fingerprint density at radius 1 is 1.58 bits per heavy atom. The predicted molar refractivity (Wildman–Crippen MR) is 44.0 cm³/mol. The molecule has 0 aliphatic heterocycles. The van der Waals surface area contributed by atoms with Crippen LogP contribution in [0.25, 0.3) is 0 Å². The second-order valence-corrected chi connectivity index (χ2v) is 2.39. The molecule has 3 N–H and O–H groups in total. The molecule has 0 bridgehead atoms. The lowest BCUT2D eigenvalue weighted by molar-refractivity contribution is 0.196. The quantitative estimate of drug-likeness (QED) is 0.704. The molecule has 0 atom stereocenters.